The third kappa shape index (κ3) is 5.50. The highest BCUT2D eigenvalue weighted by atomic mass is 15.1. The van der Waals surface area contributed by atoms with Gasteiger partial charge in [0, 0.05) is 27.9 Å². The Hall–Kier alpha value is -5.66. The number of nitrogens with zero attached hydrogens (tertiary/aromatic N) is 1. The fourth-order valence-corrected chi connectivity index (χ4v) is 10.3. The van der Waals surface area contributed by atoms with Crippen molar-refractivity contribution < 1.29 is 0 Å². The van der Waals surface area contributed by atoms with Crippen LogP contribution in [-0.2, 0) is 10.8 Å². The van der Waals surface area contributed by atoms with Crippen LogP contribution in [0.15, 0.2) is 158 Å². The molecule has 7 aromatic rings. The van der Waals surface area contributed by atoms with Gasteiger partial charge in [-0.1, -0.05) is 162 Å². The van der Waals surface area contributed by atoms with Gasteiger partial charge in [0.2, 0.25) is 0 Å². The molecule has 0 radical (unpaired) electrons. The standard InChI is InChI=1S/C54H49N/c1-53(2)49-21-12-11-18-45(49)46-32-26-40(34-50(46)53)44-19-13-20-48-47-33-31-43(35-51(47)54(3,4)52(44)48)55(41-27-22-38(23-28-41)36-14-7-5-8-15-36)42-29-24-39(25-30-42)37-16-9-6-10-17-37/h5,7-8,11-15,18-35,37H,6,9-10,16-17H2,1-4H3. The molecule has 10 rings (SSSR count). The lowest BCUT2D eigenvalue weighted by molar-refractivity contribution is 0.443. The van der Waals surface area contributed by atoms with Gasteiger partial charge in [0.25, 0.3) is 0 Å². The number of anilines is 3. The van der Waals surface area contributed by atoms with Crippen molar-refractivity contribution >= 4 is 17.1 Å². The molecule has 0 heterocycles. The zero-order valence-corrected chi connectivity index (χ0v) is 32.6. The molecule has 0 atom stereocenters. The zero-order chi connectivity index (χ0) is 37.3. The van der Waals surface area contributed by atoms with Crippen LogP contribution in [0.4, 0.5) is 17.1 Å². The molecule has 1 heteroatoms. The summed E-state index contributed by atoms with van der Waals surface area (Å²) in [5, 5.41) is 0. The molecular formula is C54H49N. The molecule has 7 aromatic carbocycles. The summed E-state index contributed by atoms with van der Waals surface area (Å²) < 4.78 is 0. The second-order valence-corrected chi connectivity index (χ2v) is 17.2. The van der Waals surface area contributed by atoms with Gasteiger partial charge >= 0.3 is 0 Å². The first-order valence-corrected chi connectivity index (χ1v) is 20.4. The summed E-state index contributed by atoms with van der Waals surface area (Å²) in [6.07, 6.45) is 6.69. The maximum Gasteiger partial charge on any atom is 0.0465 e. The van der Waals surface area contributed by atoms with Crippen LogP contribution in [0.3, 0.4) is 0 Å². The minimum atomic E-state index is -0.192. The fraction of sp³-hybridized carbons (Fsp3) is 0.222. The van der Waals surface area contributed by atoms with Crippen LogP contribution < -0.4 is 4.90 Å². The number of hydrogen-bond acceptors (Lipinski definition) is 1. The maximum absolute atomic E-state index is 2.48. The molecular weight excluding hydrogens is 663 g/mol. The summed E-state index contributed by atoms with van der Waals surface area (Å²) in [4.78, 5) is 2.46. The van der Waals surface area contributed by atoms with Gasteiger partial charge in [0.1, 0.15) is 0 Å². The van der Waals surface area contributed by atoms with Crippen molar-refractivity contribution in [3.8, 4) is 44.5 Å². The highest BCUT2D eigenvalue weighted by Gasteiger charge is 2.39. The average molecular weight is 712 g/mol. The van der Waals surface area contributed by atoms with Gasteiger partial charge in [-0.2, -0.15) is 0 Å². The van der Waals surface area contributed by atoms with Crippen LogP contribution >= 0.6 is 0 Å². The molecule has 55 heavy (non-hydrogen) atoms. The van der Waals surface area contributed by atoms with E-state index in [9.17, 15) is 0 Å². The minimum absolute atomic E-state index is 0.0371. The lowest BCUT2D eigenvalue weighted by Crippen LogP contribution is -2.18. The number of fused-ring (bicyclic) bond motifs is 6. The smallest absolute Gasteiger partial charge is 0.0465 e. The summed E-state index contributed by atoms with van der Waals surface area (Å²) in [7, 11) is 0. The highest BCUT2D eigenvalue weighted by Crippen LogP contribution is 2.55. The molecule has 0 aliphatic heterocycles. The van der Waals surface area contributed by atoms with E-state index in [0.29, 0.717) is 5.92 Å². The Labute approximate surface area is 327 Å². The van der Waals surface area contributed by atoms with E-state index < -0.39 is 0 Å². The molecule has 0 amide bonds. The average Bonchev–Trinajstić information content (AvgIpc) is 3.61. The molecule has 1 saturated carbocycles. The molecule has 0 saturated heterocycles. The Morgan fingerprint density at radius 1 is 0.400 bits per heavy atom. The lowest BCUT2D eigenvalue weighted by Gasteiger charge is -2.29. The number of hydrogen-bond donors (Lipinski definition) is 0. The van der Waals surface area contributed by atoms with E-state index in [0.717, 1.165) is 0 Å². The first-order chi connectivity index (χ1) is 26.8. The van der Waals surface area contributed by atoms with Crippen LogP contribution in [0.5, 0.6) is 0 Å². The summed E-state index contributed by atoms with van der Waals surface area (Å²) in [5.74, 6) is 0.682. The SMILES string of the molecule is CC1(C)c2ccccc2-c2ccc(-c3cccc4c3C(C)(C)c3cc(N(c5ccc(-c6ccccc6)cc5)c5ccc(C6CCCCC6)cc5)ccc3-4)cc21. The van der Waals surface area contributed by atoms with E-state index in [2.05, 4.69) is 190 Å². The summed E-state index contributed by atoms with van der Waals surface area (Å²) >= 11 is 0. The summed E-state index contributed by atoms with van der Waals surface area (Å²) in [5.41, 5.74) is 21.0. The minimum Gasteiger partial charge on any atom is -0.310 e. The zero-order valence-electron chi connectivity index (χ0n) is 32.6. The number of rotatable bonds is 6. The van der Waals surface area contributed by atoms with Gasteiger partial charge in [0.05, 0.1) is 0 Å². The van der Waals surface area contributed by atoms with Crippen LogP contribution in [0.2, 0.25) is 0 Å². The van der Waals surface area contributed by atoms with Gasteiger partial charge in [0.15, 0.2) is 0 Å². The van der Waals surface area contributed by atoms with Gasteiger partial charge in [-0.05, 0) is 134 Å². The largest absolute Gasteiger partial charge is 0.310 e. The molecule has 0 N–H and O–H groups in total. The highest BCUT2D eigenvalue weighted by molar-refractivity contribution is 5.92. The predicted octanol–water partition coefficient (Wildman–Crippen LogP) is 15.2. The van der Waals surface area contributed by atoms with Crippen molar-refractivity contribution in [2.75, 3.05) is 4.90 Å². The monoisotopic (exact) mass is 711 g/mol. The van der Waals surface area contributed by atoms with E-state index in [-0.39, 0.29) is 10.8 Å². The van der Waals surface area contributed by atoms with Gasteiger partial charge in [-0.25, -0.2) is 0 Å². The second kappa shape index (κ2) is 13.0. The first-order valence-electron chi connectivity index (χ1n) is 20.4. The summed E-state index contributed by atoms with van der Waals surface area (Å²) in [6, 6.07) is 59.6. The third-order valence-electron chi connectivity index (χ3n) is 13.3. The molecule has 270 valence electrons. The van der Waals surface area contributed by atoms with Crippen molar-refractivity contribution in [3.05, 3.63) is 186 Å². The van der Waals surface area contributed by atoms with Crippen molar-refractivity contribution in [1.82, 2.24) is 0 Å². The van der Waals surface area contributed by atoms with Gasteiger partial charge < -0.3 is 4.90 Å². The third-order valence-corrected chi connectivity index (χ3v) is 13.3. The first kappa shape index (κ1) is 33.9. The van der Waals surface area contributed by atoms with Gasteiger partial charge in [-0.3, -0.25) is 0 Å². The lowest BCUT2D eigenvalue weighted by atomic mass is 9.77. The number of benzene rings is 7. The second-order valence-electron chi connectivity index (χ2n) is 17.2. The van der Waals surface area contributed by atoms with Crippen LogP contribution in [0.25, 0.3) is 44.5 Å². The topological polar surface area (TPSA) is 3.24 Å². The molecule has 0 spiro atoms. The van der Waals surface area contributed by atoms with Crippen LogP contribution in [-0.4, -0.2) is 0 Å². The summed E-state index contributed by atoms with van der Waals surface area (Å²) in [6.45, 7) is 9.61. The Bertz CT molecular complexity index is 2550. The van der Waals surface area contributed by atoms with Crippen molar-refractivity contribution in [3.63, 3.8) is 0 Å². The molecule has 0 aromatic heterocycles. The molecule has 3 aliphatic carbocycles. The van der Waals surface area contributed by atoms with Crippen molar-refractivity contribution in [1.29, 1.82) is 0 Å². The maximum atomic E-state index is 2.48. The van der Waals surface area contributed by atoms with E-state index in [1.807, 2.05) is 0 Å². The predicted molar refractivity (Wildman–Crippen MR) is 233 cm³/mol. The van der Waals surface area contributed by atoms with Crippen molar-refractivity contribution in [2.45, 2.75) is 76.5 Å². The Kier molecular flexibility index (Phi) is 8.00. The molecule has 1 fully saturated rings. The fourth-order valence-electron chi connectivity index (χ4n) is 10.3. The molecule has 3 aliphatic rings. The van der Waals surface area contributed by atoms with E-state index >= 15 is 0 Å². The Balaban J connectivity index is 1.06. The molecule has 0 unspecified atom stereocenters. The van der Waals surface area contributed by atoms with Crippen molar-refractivity contribution in [2.24, 2.45) is 0 Å². The van der Waals surface area contributed by atoms with Crippen LogP contribution in [0.1, 0.15) is 93.5 Å². The van der Waals surface area contributed by atoms with E-state index in [1.165, 1.54) is 121 Å². The quantitative estimate of drug-likeness (QED) is 0.166. The Morgan fingerprint density at radius 2 is 0.945 bits per heavy atom. The van der Waals surface area contributed by atoms with E-state index in [4.69, 9.17) is 0 Å². The van der Waals surface area contributed by atoms with E-state index in [1.54, 1.807) is 0 Å². The Morgan fingerprint density at radius 3 is 1.71 bits per heavy atom. The molecule has 0 bridgehead atoms. The van der Waals surface area contributed by atoms with Crippen LogP contribution in [0, 0.1) is 0 Å². The molecule has 1 nitrogen and oxygen atoms in total. The normalized spacial score (nSPS) is 16.2. The van der Waals surface area contributed by atoms with Gasteiger partial charge in [-0.15, -0.1) is 0 Å².